The van der Waals surface area contributed by atoms with Crippen LogP contribution in [-0.4, -0.2) is 25.1 Å². The lowest BCUT2D eigenvalue weighted by Crippen LogP contribution is -2.23. The quantitative estimate of drug-likeness (QED) is 0.781. The molecular weight excluding hydrogens is 236 g/mol. The van der Waals surface area contributed by atoms with Crippen LogP contribution in [0.3, 0.4) is 0 Å². The Morgan fingerprint density at radius 1 is 1.42 bits per heavy atom. The first-order valence-electron chi connectivity index (χ1n) is 7.00. The first-order valence-corrected chi connectivity index (χ1v) is 7.00. The van der Waals surface area contributed by atoms with Crippen LogP contribution in [-0.2, 0) is 0 Å². The van der Waals surface area contributed by atoms with E-state index in [-0.39, 0.29) is 0 Å². The summed E-state index contributed by atoms with van der Waals surface area (Å²) in [6.45, 7) is 6.09. The smallest absolute Gasteiger partial charge is 0.0640 e. The molecule has 104 valence electrons. The molecule has 0 aliphatic heterocycles. The highest BCUT2D eigenvalue weighted by Crippen LogP contribution is 2.18. The molecular formula is C15H24N4. The van der Waals surface area contributed by atoms with Gasteiger partial charge >= 0.3 is 0 Å². The lowest BCUT2D eigenvalue weighted by Gasteiger charge is -2.20. The molecule has 1 aromatic heterocycles. The molecule has 0 saturated carbocycles. The van der Waals surface area contributed by atoms with Gasteiger partial charge in [-0.15, -0.1) is 0 Å². The molecule has 0 fully saturated rings. The largest absolute Gasteiger partial charge is 0.372 e. The monoisotopic (exact) mass is 260 g/mol. The second kappa shape index (κ2) is 8.49. The normalized spacial score (nSPS) is 11.9. The SMILES string of the molecule is CCCNC(CC)c1ccc(N(C)CCC#N)cn1. The van der Waals surface area contributed by atoms with Gasteiger partial charge in [0.05, 0.1) is 30.1 Å². The summed E-state index contributed by atoms with van der Waals surface area (Å²) in [6.07, 6.45) is 4.60. The molecule has 4 nitrogen and oxygen atoms in total. The first kappa shape index (κ1) is 15.5. The van der Waals surface area contributed by atoms with E-state index in [0.717, 1.165) is 37.3 Å². The molecule has 0 spiro atoms. The standard InChI is InChI=1S/C15H24N4/c1-4-10-17-14(5-2)15-8-7-13(12-18-15)19(3)11-6-9-16/h7-8,12,14,17H,4-6,10-11H2,1-3H3. The molecule has 0 aliphatic carbocycles. The number of aromatic nitrogens is 1. The molecule has 0 amide bonds. The zero-order chi connectivity index (χ0) is 14.1. The minimum atomic E-state index is 0.332. The molecule has 4 heteroatoms. The topological polar surface area (TPSA) is 52.0 Å². The van der Waals surface area contributed by atoms with E-state index in [9.17, 15) is 0 Å². The fraction of sp³-hybridized carbons (Fsp3) is 0.600. The predicted octanol–water partition coefficient (Wildman–Crippen LogP) is 2.88. The molecule has 0 saturated heterocycles. The van der Waals surface area contributed by atoms with Gasteiger partial charge in [-0.3, -0.25) is 4.98 Å². The highest BCUT2D eigenvalue weighted by Gasteiger charge is 2.10. The van der Waals surface area contributed by atoms with Crippen LogP contribution in [0.4, 0.5) is 5.69 Å². The second-order valence-corrected chi connectivity index (χ2v) is 4.69. The second-order valence-electron chi connectivity index (χ2n) is 4.69. The molecule has 1 aromatic rings. The summed E-state index contributed by atoms with van der Waals surface area (Å²) in [5.74, 6) is 0. The summed E-state index contributed by atoms with van der Waals surface area (Å²) in [7, 11) is 1.99. The summed E-state index contributed by atoms with van der Waals surface area (Å²) in [5.41, 5.74) is 2.15. The fourth-order valence-electron chi connectivity index (χ4n) is 1.95. The Kier molecular flexibility index (Phi) is 6.91. The molecule has 19 heavy (non-hydrogen) atoms. The van der Waals surface area contributed by atoms with E-state index in [1.54, 1.807) is 0 Å². The molecule has 0 bridgehead atoms. The van der Waals surface area contributed by atoms with E-state index in [1.807, 2.05) is 13.2 Å². The van der Waals surface area contributed by atoms with Gasteiger partial charge in [0.2, 0.25) is 0 Å². The van der Waals surface area contributed by atoms with Crippen LogP contribution in [0.25, 0.3) is 0 Å². The Morgan fingerprint density at radius 2 is 2.21 bits per heavy atom. The number of hydrogen-bond donors (Lipinski definition) is 1. The maximum Gasteiger partial charge on any atom is 0.0640 e. The summed E-state index contributed by atoms with van der Waals surface area (Å²) in [4.78, 5) is 6.60. The minimum absolute atomic E-state index is 0.332. The Morgan fingerprint density at radius 3 is 2.74 bits per heavy atom. The zero-order valence-electron chi connectivity index (χ0n) is 12.2. The van der Waals surface area contributed by atoms with E-state index in [0.29, 0.717) is 12.5 Å². The van der Waals surface area contributed by atoms with E-state index >= 15 is 0 Å². The minimum Gasteiger partial charge on any atom is -0.372 e. The molecule has 1 unspecified atom stereocenters. The lowest BCUT2D eigenvalue weighted by atomic mass is 10.1. The molecule has 0 aromatic carbocycles. The van der Waals surface area contributed by atoms with Gasteiger partial charge < -0.3 is 10.2 Å². The van der Waals surface area contributed by atoms with Crippen molar-refractivity contribution in [2.45, 2.75) is 39.2 Å². The van der Waals surface area contributed by atoms with Gasteiger partial charge in [-0.1, -0.05) is 13.8 Å². The van der Waals surface area contributed by atoms with Crippen molar-refractivity contribution < 1.29 is 0 Å². The van der Waals surface area contributed by atoms with Crippen molar-refractivity contribution in [2.24, 2.45) is 0 Å². The van der Waals surface area contributed by atoms with Gasteiger partial charge in [0.15, 0.2) is 0 Å². The highest BCUT2D eigenvalue weighted by atomic mass is 15.1. The van der Waals surface area contributed by atoms with E-state index < -0.39 is 0 Å². The molecule has 0 aliphatic rings. The van der Waals surface area contributed by atoms with Gasteiger partial charge in [0, 0.05) is 19.6 Å². The predicted molar refractivity (Wildman–Crippen MR) is 79.1 cm³/mol. The molecule has 1 heterocycles. The summed E-state index contributed by atoms with van der Waals surface area (Å²) >= 11 is 0. The number of hydrogen-bond acceptors (Lipinski definition) is 4. The number of nitrogens with one attached hydrogen (secondary N) is 1. The first-order chi connectivity index (χ1) is 9.22. The third-order valence-electron chi connectivity index (χ3n) is 3.18. The number of nitrogens with zero attached hydrogens (tertiary/aromatic N) is 3. The average molecular weight is 260 g/mol. The van der Waals surface area contributed by atoms with Gasteiger partial charge in [-0.25, -0.2) is 0 Å². The molecule has 0 radical (unpaired) electrons. The molecule has 1 atom stereocenters. The summed E-state index contributed by atoms with van der Waals surface area (Å²) < 4.78 is 0. The Hall–Kier alpha value is -1.60. The van der Waals surface area contributed by atoms with Gasteiger partial charge in [0.1, 0.15) is 0 Å². The van der Waals surface area contributed by atoms with Crippen molar-refractivity contribution in [3.63, 3.8) is 0 Å². The van der Waals surface area contributed by atoms with Gasteiger partial charge in [-0.05, 0) is 31.5 Å². The number of nitriles is 1. The summed E-state index contributed by atoms with van der Waals surface area (Å²) in [5, 5.41) is 12.1. The van der Waals surface area contributed by atoms with E-state index in [4.69, 9.17) is 5.26 Å². The molecule has 1 N–H and O–H groups in total. The average Bonchev–Trinajstić information content (AvgIpc) is 2.46. The van der Waals surface area contributed by atoms with Crippen LogP contribution in [0.5, 0.6) is 0 Å². The third kappa shape index (κ3) is 4.88. The number of pyridine rings is 1. The molecule has 1 rings (SSSR count). The fourth-order valence-corrected chi connectivity index (χ4v) is 1.95. The van der Waals surface area contributed by atoms with Crippen molar-refractivity contribution in [1.29, 1.82) is 5.26 Å². The van der Waals surface area contributed by atoms with E-state index in [1.165, 1.54) is 0 Å². The van der Waals surface area contributed by atoms with Crippen LogP contribution in [0, 0.1) is 11.3 Å². The van der Waals surface area contributed by atoms with E-state index in [2.05, 4.69) is 47.3 Å². The number of anilines is 1. The summed E-state index contributed by atoms with van der Waals surface area (Å²) in [6, 6.07) is 6.65. The van der Waals surface area contributed by atoms with Gasteiger partial charge in [0.25, 0.3) is 0 Å². The Labute approximate surface area is 116 Å². The third-order valence-corrected chi connectivity index (χ3v) is 3.18. The van der Waals surface area contributed by atoms with Crippen molar-refractivity contribution in [1.82, 2.24) is 10.3 Å². The van der Waals surface area contributed by atoms with Crippen LogP contribution >= 0.6 is 0 Å². The zero-order valence-corrected chi connectivity index (χ0v) is 12.2. The van der Waals surface area contributed by atoms with Crippen molar-refractivity contribution in [3.8, 4) is 6.07 Å². The lowest BCUT2D eigenvalue weighted by molar-refractivity contribution is 0.507. The van der Waals surface area contributed by atoms with Crippen LogP contribution in [0.2, 0.25) is 0 Å². The number of rotatable bonds is 8. The van der Waals surface area contributed by atoms with Crippen LogP contribution < -0.4 is 10.2 Å². The maximum absolute atomic E-state index is 8.59. The van der Waals surface area contributed by atoms with Crippen molar-refractivity contribution in [3.05, 3.63) is 24.0 Å². The Bertz CT molecular complexity index is 394. The van der Waals surface area contributed by atoms with Crippen LogP contribution in [0.1, 0.15) is 44.8 Å². The van der Waals surface area contributed by atoms with Gasteiger partial charge in [-0.2, -0.15) is 5.26 Å². The van der Waals surface area contributed by atoms with Crippen molar-refractivity contribution >= 4 is 5.69 Å². The maximum atomic E-state index is 8.59. The Balaban J connectivity index is 2.66. The highest BCUT2D eigenvalue weighted by molar-refractivity contribution is 5.43. The van der Waals surface area contributed by atoms with Crippen LogP contribution in [0.15, 0.2) is 18.3 Å². The van der Waals surface area contributed by atoms with Crippen molar-refractivity contribution in [2.75, 3.05) is 25.0 Å².